The van der Waals surface area contributed by atoms with Gasteiger partial charge in [0, 0.05) is 16.6 Å². The molecular formula is C11H14BrClFNO. The minimum absolute atomic E-state index is 0.00652. The van der Waals surface area contributed by atoms with E-state index < -0.39 is 11.9 Å². The first-order valence-electron chi connectivity index (χ1n) is 5.10. The normalized spacial score (nSPS) is 12.8. The fourth-order valence-corrected chi connectivity index (χ4v) is 1.80. The average molecular weight is 311 g/mol. The molecule has 0 heterocycles. The molecule has 1 atom stereocenters. The van der Waals surface area contributed by atoms with E-state index in [1.807, 2.05) is 6.92 Å². The highest BCUT2D eigenvalue weighted by molar-refractivity contribution is 9.10. The first-order chi connectivity index (χ1) is 7.57. The fraction of sp³-hybridized carbons (Fsp3) is 0.455. The molecule has 0 spiro atoms. The largest absolute Gasteiger partial charge is 0.387 e. The Morgan fingerprint density at radius 1 is 1.56 bits per heavy atom. The third-order valence-corrected chi connectivity index (χ3v) is 3.45. The Kier molecular flexibility index (Phi) is 5.69. The third-order valence-electron chi connectivity index (χ3n) is 2.19. The molecule has 0 amide bonds. The maximum atomic E-state index is 13.7. The van der Waals surface area contributed by atoms with Crippen LogP contribution in [0.1, 0.15) is 25.0 Å². The molecule has 1 aromatic carbocycles. The SMILES string of the molecule is CCCNCC(O)c1ccc(Br)c(Cl)c1F. The molecule has 0 fully saturated rings. The minimum Gasteiger partial charge on any atom is -0.387 e. The Morgan fingerprint density at radius 3 is 2.88 bits per heavy atom. The summed E-state index contributed by atoms with van der Waals surface area (Å²) >= 11 is 8.86. The molecule has 0 aliphatic rings. The Balaban J connectivity index is 2.76. The Bertz CT molecular complexity index is 362. The summed E-state index contributed by atoms with van der Waals surface area (Å²) in [4.78, 5) is 0. The van der Waals surface area contributed by atoms with Gasteiger partial charge >= 0.3 is 0 Å². The molecule has 16 heavy (non-hydrogen) atoms. The van der Waals surface area contributed by atoms with Gasteiger partial charge in [0.1, 0.15) is 5.82 Å². The number of aliphatic hydroxyl groups excluding tert-OH is 1. The lowest BCUT2D eigenvalue weighted by molar-refractivity contribution is 0.170. The van der Waals surface area contributed by atoms with E-state index in [0.717, 1.165) is 13.0 Å². The van der Waals surface area contributed by atoms with Crippen LogP contribution in [0.2, 0.25) is 5.02 Å². The van der Waals surface area contributed by atoms with Crippen molar-refractivity contribution in [1.29, 1.82) is 0 Å². The quantitative estimate of drug-likeness (QED) is 0.646. The maximum Gasteiger partial charge on any atom is 0.148 e. The number of rotatable bonds is 5. The zero-order chi connectivity index (χ0) is 12.1. The summed E-state index contributed by atoms with van der Waals surface area (Å²) in [5.41, 5.74) is 0.219. The van der Waals surface area contributed by atoms with Gasteiger partial charge in [-0.1, -0.05) is 24.6 Å². The molecular weight excluding hydrogens is 296 g/mol. The van der Waals surface area contributed by atoms with Crippen LogP contribution in [0, 0.1) is 5.82 Å². The monoisotopic (exact) mass is 309 g/mol. The smallest absolute Gasteiger partial charge is 0.148 e. The molecule has 0 bridgehead atoms. The summed E-state index contributed by atoms with van der Waals surface area (Å²) in [6, 6.07) is 3.16. The molecule has 2 N–H and O–H groups in total. The topological polar surface area (TPSA) is 32.3 Å². The van der Waals surface area contributed by atoms with Gasteiger partial charge in [0.2, 0.25) is 0 Å². The van der Waals surface area contributed by atoms with Crippen molar-refractivity contribution < 1.29 is 9.50 Å². The lowest BCUT2D eigenvalue weighted by Gasteiger charge is -2.13. The lowest BCUT2D eigenvalue weighted by atomic mass is 10.1. The second-order valence-electron chi connectivity index (χ2n) is 3.48. The van der Waals surface area contributed by atoms with E-state index in [1.54, 1.807) is 6.07 Å². The number of halogens is 3. The van der Waals surface area contributed by atoms with Crippen molar-refractivity contribution in [3.05, 3.63) is 33.0 Å². The van der Waals surface area contributed by atoms with Gasteiger partial charge in [0.25, 0.3) is 0 Å². The number of aliphatic hydroxyl groups is 1. The van der Waals surface area contributed by atoms with Crippen LogP contribution >= 0.6 is 27.5 Å². The number of hydrogen-bond donors (Lipinski definition) is 2. The van der Waals surface area contributed by atoms with Crippen LogP contribution < -0.4 is 5.32 Å². The summed E-state index contributed by atoms with van der Waals surface area (Å²) in [7, 11) is 0. The van der Waals surface area contributed by atoms with Gasteiger partial charge < -0.3 is 10.4 Å². The summed E-state index contributed by atoms with van der Waals surface area (Å²) in [5, 5.41) is 12.8. The van der Waals surface area contributed by atoms with Crippen molar-refractivity contribution in [2.45, 2.75) is 19.4 Å². The van der Waals surface area contributed by atoms with Crippen molar-refractivity contribution in [3.8, 4) is 0 Å². The number of benzene rings is 1. The Labute approximate surface area is 108 Å². The zero-order valence-electron chi connectivity index (χ0n) is 8.93. The average Bonchev–Trinajstić information content (AvgIpc) is 2.26. The third kappa shape index (κ3) is 3.42. The van der Waals surface area contributed by atoms with Crippen LogP contribution in [0.15, 0.2) is 16.6 Å². The van der Waals surface area contributed by atoms with Crippen molar-refractivity contribution in [1.82, 2.24) is 5.32 Å². The van der Waals surface area contributed by atoms with E-state index in [-0.39, 0.29) is 10.6 Å². The predicted octanol–water partition coefficient (Wildman–Crippen LogP) is 3.27. The van der Waals surface area contributed by atoms with Gasteiger partial charge in [-0.05, 0) is 35.0 Å². The van der Waals surface area contributed by atoms with Crippen LogP contribution in [-0.2, 0) is 0 Å². The number of hydrogen-bond acceptors (Lipinski definition) is 2. The van der Waals surface area contributed by atoms with Crippen LogP contribution in [0.25, 0.3) is 0 Å². The highest BCUT2D eigenvalue weighted by atomic mass is 79.9. The molecule has 1 rings (SSSR count). The molecule has 0 aromatic heterocycles. The second-order valence-corrected chi connectivity index (χ2v) is 4.72. The van der Waals surface area contributed by atoms with Gasteiger partial charge in [-0.25, -0.2) is 4.39 Å². The molecule has 0 aliphatic heterocycles. The Morgan fingerprint density at radius 2 is 2.25 bits per heavy atom. The van der Waals surface area contributed by atoms with Crippen LogP contribution in [0.5, 0.6) is 0 Å². The van der Waals surface area contributed by atoms with E-state index in [4.69, 9.17) is 11.6 Å². The second kappa shape index (κ2) is 6.55. The van der Waals surface area contributed by atoms with E-state index in [2.05, 4.69) is 21.2 Å². The van der Waals surface area contributed by atoms with E-state index in [9.17, 15) is 9.50 Å². The predicted molar refractivity (Wildman–Crippen MR) is 67.2 cm³/mol. The highest BCUT2D eigenvalue weighted by Gasteiger charge is 2.16. The maximum absolute atomic E-state index is 13.7. The van der Waals surface area contributed by atoms with Gasteiger partial charge in [0.15, 0.2) is 0 Å². The van der Waals surface area contributed by atoms with Gasteiger partial charge in [0.05, 0.1) is 11.1 Å². The van der Waals surface area contributed by atoms with Crippen molar-refractivity contribution in [3.63, 3.8) is 0 Å². The van der Waals surface area contributed by atoms with Gasteiger partial charge in [-0.15, -0.1) is 0 Å². The molecule has 2 nitrogen and oxygen atoms in total. The molecule has 1 aromatic rings. The van der Waals surface area contributed by atoms with E-state index in [1.165, 1.54) is 6.07 Å². The van der Waals surface area contributed by atoms with Crippen LogP contribution in [-0.4, -0.2) is 18.2 Å². The summed E-state index contributed by atoms with van der Waals surface area (Å²) in [6.07, 6.45) is 0.0909. The molecule has 1 unspecified atom stereocenters. The van der Waals surface area contributed by atoms with Crippen molar-refractivity contribution in [2.75, 3.05) is 13.1 Å². The highest BCUT2D eigenvalue weighted by Crippen LogP contribution is 2.30. The molecule has 0 radical (unpaired) electrons. The fourth-order valence-electron chi connectivity index (χ4n) is 1.32. The standard InChI is InChI=1S/C11H14BrClFNO/c1-2-5-15-6-9(16)7-3-4-8(12)10(13)11(7)14/h3-4,9,15-16H,2,5-6H2,1H3. The molecule has 0 saturated heterocycles. The summed E-state index contributed by atoms with van der Waals surface area (Å²) < 4.78 is 14.2. The molecule has 0 saturated carbocycles. The minimum atomic E-state index is -0.878. The van der Waals surface area contributed by atoms with Gasteiger partial charge in [-0.2, -0.15) is 0 Å². The van der Waals surface area contributed by atoms with E-state index >= 15 is 0 Å². The first-order valence-corrected chi connectivity index (χ1v) is 6.27. The summed E-state index contributed by atoms with van der Waals surface area (Å²) in [6.45, 7) is 3.14. The lowest BCUT2D eigenvalue weighted by Crippen LogP contribution is -2.22. The van der Waals surface area contributed by atoms with Crippen molar-refractivity contribution >= 4 is 27.5 Å². The first kappa shape index (κ1) is 13.9. The number of nitrogens with one attached hydrogen (secondary N) is 1. The zero-order valence-corrected chi connectivity index (χ0v) is 11.3. The van der Waals surface area contributed by atoms with Crippen LogP contribution in [0.3, 0.4) is 0 Å². The van der Waals surface area contributed by atoms with E-state index in [0.29, 0.717) is 11.0 Å². The van der Waals surface area contributed by atoms with Crippen LogP contribution in [0.4, 0.5) is 4.39 Å². The van der Waals surface area contributed by atoms with Gasteiger partial charge in [-0.3, -0.25) is 0 Å². The summed E-state index contributed by atoms with van der Waals surface area (Å²) in [5.74, 6) is -0.568. The molecule has 5 heteroatoms. The molecule has 0 aliphatic carbocycles. The molecule has 90 valence electrons. The van der Waals surface area contributed by atoms with Crippen molar-refractivity contribution in [2.24, 2.45) is 0 Å². The Hall–Kier alpha value is -0.160.